The first-order chi connectivity index (χ1) is 16.0. The summed E-state index contributed by atoms with van der Waals surface area (Å²) in [6, 6.07) is 6.38. The van der Waals surface area contributed by atoms with E-state index < -0.39 is 15.8 Å². The summed E-state index contributed by atoms with van der Waals surface area (Å²) in [5.41, 5.74) is 2.29. The zero-order valence-electron chi connectivity index (χ0n) is 19.5. The molecule has 1 atom stereocenters. The van der Waals surface area contributed by atoms with Crippen LogP contribution in [-0.2, 0) is 15.8 Å². The maximum absolute atomic E-state index is 14.0. The molecule has 1 aliphatic heterocycles. The van der Waals surface area contributed by atoms with E-state index >= 15 is 0 Å². The number of hydrogen-bond acceptors (Lipinski definition) is 8. The van der Waals surface area contributed by atoms with Crippen LogP contribution >= 0.6 is 0 Å². The van der Waals surface area contributed by atoms with Gasteiger partial charge in [0, 0.05) is 25.6 Å². The summed E-state index contributed by atoms with van der Waals surface area (Å²) in [6.07, 6.45) is 1.38. The predicted octanol–water partition coefficient (Wildman–Crippen LogP) is 3.86. The van der Waals surface area contributed by atoms with Gasteiger partial charge < -0.3 is 15.0 Å². The lowest BCUT2D eigenvalue weighted by Crippen LogP contribution is -2.40. The number of hydrogen-bond donors (Lipinski definition) is 1. The SMILES string of the molecule is COc1nc2ncnc(N[C@H](C)c3cccc(C(C)(F)F)c3C)c2cc1N1CCS(=O)(=O)CC1. The molecule has 1 aliphatic rings. The lowest BCUT2D eigenvalue weighted by atomic mass is 9.94. The van der Waals surface area contributed by atoms with Gasteiger partial charge in [0.25, 0.3) is 5.92 Å². The molecule has 0 aliphatic carbocycles. The zero-order chi connectivity index (χ0) is 24.7. The summed E-state index contributed by atoms with van der Waals surface area (Å²) in [5, 5.41) is 3.93. The van der Waals surface area contributed by atoms with Crippen LogP contribution in [0.5, 0.6) is 5.88 Å². The van der Waals surface area contributed by atoms with Crippen molar-refractivity contribution in [2.24, 2.45) is 0 Å². The number of aromatic nitrogens is 3. The number of sulfone groups is 1. The number of anilines is 2. The molecule has 11 heteroatoms. The fourth-order valence-corrected chi connectivity index (χ4v) is 5.49. The third-order valence-corrected chi connectivity index (χ3v) is 7.73. The topological polar surface area (TPSA) is 97.3 Å². The first-order valence-electron chi connectivity index (χ1n) is 10.9. The number of nitrogens with zero attached hydrogens (tertiary/aromatic N) is 4. The smallest absolute Gasteiger partial charge is 0.270 e. The van der Waals surface area contributed by atoms with Crippen LogP contribution in [-0.4, -0.2) is 55.1 Å². The van der Waals surface area contributed by atoms with Crippen molar-refractivity contribution in [2.75, 3.05) is 41.9 Å². The number of pyridine rings is 1. The normalized spacial score (nSPS) is 16.9. The van der Waals surface area contributed by atoms with Crippen LogP contribution in [0, 0.1) is 6.92 Å². The lowest BCUT2D eigenvalue weighted by Gasteiger charge is -2.29. The highest BCUT2D eigenvalue weighted by molar-refractivity contribution is 7.91. The predicted molar refractivity (Wildman–Crippen MR) is 128 cm³/mol. The molecule has 1 fully saturated rings. The van der Waals surface area contributed by atoms with Gasteiger partial charge in [0.05, 0.1) is 30.0 Å². The van der Waals surface area contributed by atoms with E-state index in [9.17, 15) is 17.2 Å². The number of halogens is 2. The molecule has 0 amide bonds. The Kier molecular flexibility index (Phi) is 6.32. The van der Waals surface area contributed by atoms with Crippen LogP contribution in [0.4, 0.5) is 20.3 Å². The number of rotatable bonds is 6. The molecule has 0 saturated carbocycles. The average molecular weight is 492 g/mol. The van der Waals surface area contributed by atoms with Crippen molar-refractivity contribution in [1.82, 2.24) is 15.0 Å². The summed E-state index contributed by atoms with van der Waals surface area (Å²) in [6.45, 7) is 5.11. The molecule has 34 heavy (non-hydrogen) atoms. The minimum Gasteiger partial charge on any atom is -0.479 e. The van der Waals surface area contributed by atoms with Gasteiger partial charge in [-0.3, -0.25) is 0 Å². The van der Waals surface area contributed by atoms with Crippen LogP contribution in [0.3, 0.4) is 0 Å². The van der Waals surface area contributed by atoms with E-state index in [2.05, 4.69) is 20.3 Å². The minimum atomic E-state index is -3.05. The molecule has 3 heterocycles. The Hall–Kier alpha value is -3.08. The van der Waals surface area contributed by atoms with Gasteiger partial charge in [0.2, 0.25) is 5.88 Å². The summed E-state index contributed by atoms with van der Waals surface area (Å²) in [7, 11) is -1.55. The maximum Gasteiger partial charge on any atom is 0.270 e. The average Bonchev–Trinajstić information content (AvgIpc) is 2.78. The van der Waals surface area contributed by atoms with Crippen molar-refractivity contribution in [1.29, 1.82) is 0 Å². The van der Waals surface area contributed by atoms with Gasteiger partial charge in [-0.1, -0.05) is 18.2 Å². The highest BCUT2D eigenvalue weighted by atomic mass is 32.2. The standard InChI is InChI=1S/C23H27F2N5O3S/c1-14-16(6-5-7-18(14)23(3,24)25)15(2)28-20-17-12-19(30-8-10-34(31,32)11-9-30)22(33-4)29-21(17)27-13-26-20/h5-7,12-13,15H,8-11H2,1-4H3,(H,26,27,28,29)/t15-/m1/s1. The molecule has 4 rings (SSSR count). The highest BCUT2D eigenvalue weighted by Gasteiger charge is 2.28. The molecule has 1 aromatic carbocycles. The Morgan fingerprint density at radius 2 is 1.91 bits per heavy atom. The van der Waals surface area contributed by atoms with Gasteiger partial charge in [-0.2, -0.15) is 4.98 Å². The third-order valence-electron chi connectivity index (χ3n) is 6.12. The molecule has 8 nitrogen and oxygen atoms in total. The number of methoxy groups -OCH3 is 1. The highest BCUT2D eigenvalue weighted by Crippen LogP contribution is 2.36. The van der Waals surface area contributed by atoms with E-state index in [0.29, 0.717) is 47.1 Å². The van der Waals surface area contributed by atoms with Crippen LogP contribution < -0.4 is 15.0 Å². The van der Waals surface area contributed by atoms with Crippen LogP contribution in [0.15, 0.2) is 30.6 Å². The van der Waals surface area contributed by atoms with Gasteiger partial charge in [-0.15, -0.1) is 0 Å². The fraction of sp³-hybridized carbons (Fsp3) is 0.435. The third kappa shape index (κ3) is 4.75. The second-order valence-corrected chi connectivity index (χ2v) is 10.8. The van der Waals surface area contributed by atoms with E-state index in [0.717, 1.165) is 12.5 Å². The van der Waals surface area contributed by atoms with E-state index in [1.54, 1.807) is 13.0 Å². The second kappa shape index (κ2) is 8.94. The Bertz CT molecular complexity index is 1310. The van der Waals surface area contributed by atoms with Crippen molar-refractivity contribution in [3.05, 3.63) is 47.3 Å². The molecule has 0 spiro atoms. The van der Waals surface area contributed by atoms with E-state index in [1.165, 1.54) is 19.5 Å². The van der Waals surface area contributed by atoms with Gasteiger partial charge in [-0.25, -0.2) is 27.2 Å². The first-order valence-corrected chi connectivity index (χ1v) is 12.7. The zero-order valence-corrected chi connectivity index (χ0v) is 20.3. The summed E-state index contributed by atoms with van der Waals surface area (Å²) in [4.78, 5) is 15.0. The summed E-state index contributed by atoms with van der Waals surface area (Å²) < 4.78 is 57.3. The van der Waals surface area contributed by atoms with E-state index in [4.69, 9.17) is 4.74 Å². The quantitative estimate of drug-likeness (QED) is 0.555. The fourth-order valence-electron chi connectivity index (χ4n) is 4.29. The number of ether oxygens (including phenoxy) is 1. The van der Waals surface area contributed by atoms with Gasteiger partial charge in [0.15, 0.2) is 15.5 Å². The molecule has 182 valence electrons. The van der Waals surface area contributed by atoms with Crippen molar-refractivity contribution >= 4 is 32.4 Å². The first kappa shape index (κ1) is 24.1. The Labute approximate surface area is 197 Å². The van der Waals surface area contributed by atoms with Crippen molar-refractivity contribution in [3.8, 4) is 5.88 Å². The van der Waals surface area contributed by atoms with Crippen molar-refractivity contribution in [2.45, 2.75) is 32.7 Å². The molecule has 1 saturated heterocycles. The Morgan fingerprint density at radius 3 is 2.56 bits per heavy atom. The largest absolute Gasteiger partial charge is 0.479 e. The van der Waals surface area contributed by atoms with Gasteiger partial charge >= 0.3 is 0 Å². The van der Waals surface area contributed by atoms with Crippen LogP contribution in [0.25, 0.3) is 11.0 Å². The molecule has 0 unspecified atom stereocenters. The van der Waals surface area contributed by atoms with Gasteiger partial charge in [0.1, 0.15) is 17.8 Å². The van der Waals surface area contributed by atoms with Crippen molar-refractivity contribution < 1.29 is 21.9 Å². The second-order valence-electron chi connectivity index (χ2n) is 8.52. The van der Waals surface area contributed by atoms with Crippen LogP contribution in [0.2, 0.25) is 0 Å². The maximum atomic E-state index is 14.0. The molecule has 0 radical (unpaired) electrons. The molecule has 3 aromatic rings. The van der Waals surface area contributed by atoms with Gasteiger partial charge in [-0.05, 0) is 31.0 Å². The van der Waals surface area contributed by atoms with Crippen molar-refractivity contribution in [3.63, 3.8) is 0 Å². The molecule has 2 aromatic heterocycles. The lowest BCUT2D eigenvalue weighted by molar-refractivity contribution is 0.0167. The number of nitrogens with one attached hydrogen (secondary N) is 1. The Balaban J connectivity index is 1.71. The minimum absolute atomic E-state index is 0.0139. The van der Waals surface area contributed by atoms with E-state index in [1.807, 2.05) is 24.0 Å². The number of alkyl halides is 2. The number of benzene rings is 1. The van der Waals surface area contributed by atoms with E-state index in [-0.39, 0.29) is 23.1 Å². The Morgan fingerprint density at radius 1 is 1.21 bits per heavy atom. The molecular weight excluding hydrogens is 464 g/mol. The van der Waals surface area contributed by atoms with Crippen LogP contribution in [0.1, 0.15) is 36.6 Å². The summed E-state index contributed by atoms with van der Waals surface area (Å²) in [5.74, 6) is -2.00. The number of fused-ring (bicyclic) bond motifs is 1. The monoisotopic (exact) mass is 491 g/mol. The molecule has 0 bridgehead atoms. The summed E-state index contributed by atoms with van der Waals surface area (Å²) >= 11 is 0. The molecule has 1 N–H and O–H groups in total. The molecular formula is C23H27F2N5O3S.